The third-order valence-corrected chi connectivity index (χ3v) is 4.02. The third kappa shape index (κ3) is 5.52. The van der Waals surface area contributed by atoms with Gasteiger partial charge in [-0.15, -0.1) is 11.8 Å². The number of nitrogens with one attached hydrogen (secondary N) is 1. The molecule has 0 spiro atoms. The first-order chi connectivity index (χ1) is 8.85. The Morgan fingerprint density at radius 3 is 2.74 bits per heavy atom. The Labute approximate surface area is 121 Å². The molecule has 0 aliphatic heterocycles. The normalized spacial score (nSPS) is 11.6. The van der Waals surface area contributed by atoms with E-state index >= 15 is 0 Å². The van der Waals surface area contributed by atoms with Gasteiger partial charge in [-0.1, -0.05) is 11.3 Å². The monoisotopic (exact) mass is 302 g/mol. The van der Waals surface area contributed by atoms with Crippen molar-refractivity contribution in [3.8, 4) is 5.06 Å². The number of amides is 1. The van der Waals surface area contributed by atoms with Crippen molar-refractivity contribution < 1.29 is 14.3 Å². The smallest absolute Gasteiger partial charge is 0.428 e. The lowest BCUT2D eigenvalue weighted by atomic mass is 10.2. The van der Waals surface area contributed by atoms with Crippen molar-refractivity contribution in [3.05, 3.63) is 11.6 Å². The lowest BCUT2D eigenvalue weighted by Gasteiger charge is -2.18. The molecule has 5 nitrogen and oxygen atoms in total. The molecule has 1 rings (SSSR count). The zero-order valence-electron chi connectivity index (χ0n) is 11.6. The number of hydrogen-bond donors (Lipinski definition) is 1. The van der Waals surface area contributed by atoms with Crippen molar-refractivity contribution in [2.75, 3.05) is 13.4 Å². The van der Waals surface area contributed by atoms with E-state index in [4.69, 9.17) is 9.47 Å². The van der Waals surface area contributed by atoms with E-state index in [1.165, 1.54) is 11.3 Å². The second-order valence-corrected chi connectivity index (χ2v) is 6.71. The molecule has 0 bridgehead atoms. The number of hydrogen-bond acceptors (Lipinski definition) is 6. The third-order valence-electron chi connectivity index (χ3n) is 1.85. The van der Waals surface area contributed by atoms with Crippen LogP contribution in [0.4, 0.5) is 4.79 Å². The molecule has 0 atom stereocenters. The number of thiophene rings is 1. The van der Waals surface area contributed by atoms with Crippen LogP contribution < -0.4 is 10.2 Å². The number of methoxy groups -OCH3 is 1. The maximum atomic E-state index is 11.4. The summed E-state index contributed by atoms with van der Waals surface area (Å²) in [5.74, 6) is 0. The summed E-state index contributed by atoms with van der Waals surface area (Å²) in [4.78, 5) is 11.4. The van der Waals surface area contributed by atoms with Crippen LogP contribution in [0.25, 0.3) is 0 Å². The van der Waals surface area contributed by atoms with E-state index in [9.17, 15) is 4.79 Å². The highest BCUT2D eigenvalue weighted by atomic mass is 32.2. The van der Waals surface area contributed by atoms with Crippen LogP contribution in [0.1, 0.15) is 26.3 Å². The zero-order valence-corrected chi connectivity index (χ0v) is 13.3. The van der Waals surface area contributed by atoms with Crippen LogP contribution in [-0.2, 0) is 4.74 Å². The molecule has 0 saturated heterocycles. The van der Waals surface area contributed by atoms with Gasteiger partial charge in [-0.05, 0) is 33.1 Å². The number of rotatable bonds is 4. The van der Waals surface area contributed by atoms with Gasteiger partial charge in [0.2, 0.25) is 0 Å². The van der Waals surface area contributed by atoms with Crippen molar-refractivity contribution >= 4 is 35.4 Å². The average Bonchev–Trinajstić information content (AvgIpc) is 2.69. The largest absolute Gasteiger partial charge is 0.487 e. The summed E-state index contributed by atoms with van der Waals surface area (Å²) in [5.41, 5.74) is 2.61. The van der Waals surface area contributed by atoms with Crippen molar-refractivity contribution in [2.45, 2.75) is 30.6 Å². The predicted molar refractivity (Wildman–Crippen MR) is 79.6 cm³/mol. The molecule has 106 valence electrons. The van der Waals surface area contributed by atoms with Crippen LogP contribution in [-0.4, -0.2) is 31.3 Å². The minimum Gasteiger partial charge on any atom is -0.487 e. The van der Waals surface area contributed by atoms with Gasteiger partial charge in [0, 0.05) is 5.56 Å². The van der Waals surface area contributed by atoms with E-state index in [2.05, 4.69) is 10.5 Å². The maximum absolute atomic E-state index is 11.4. The lowest BCUT2D eigenvalue weighted by molar-refractivity contribution is 0.0529. The molecule has 1 N–H and O–H groups in total. The van der Waals surface area contributed by atoms with Crippen LogP contribution in [0, 0.1) is 0 Å². The summed E-state index contributed by atoms with van der Waals surface area (Å²) in [7, 11) is 1.61. The Balaban J connectivity index is 2.62. The summed E-state index contributed by atoms with van der Waals surface area (Å²) in [6.07, 6.45) is 2.95. The molecule has 1 aromatic rings. The number of thioether (sulfide) groups is 1. The Morgan fingerprint density at radius 1 is 1.53 bits per heavy atom. The van der Waals surface area contributed by atoms with Gasteiger partial charge in [0.1, 0.15) is 5.60 Å². The van der Waals surface area contributed by atoms with Gasteiger partial charge in [0.15, 0.2) is 5.06 Å². The van der Waals surface area contributed by atoms with Gasteiger partial charge in [-0.3, -0.25) is 0 Å². The van der Waals surface area contributed by atoms with E-state index in [-0.39, 0.29) is 0 Å². The van der Waals surface area contributed by atoms with E-state index < -0.39 is 11.7 Å². The highest BCUT2D eigenvalue weighted by Gasteiger charge is 2.15. The topological polar surface area (TPSA) is 59.9 Å². The van der Waals surface area contributed by atoms with Crippen LogP contribution >= 0.6 is 23.1 Å². The molecular weight excluding hydrogens is 284 g/mol. The van der Waals surface area contributed by atoms with Crippen LogP contribution in [0.5, 0.6) is 5.06 Å². The van der Waals surface area contributed by atoms with Gasteiger partial charge in [-0.2, -0.15) is 5.10 Å². The highest BCUT2D eigenvalue weighted by Crippen LogP contribution is 2.34. The fourth-order valence-electron chi connectivity index (χ4n) is 1.17. The molecule has 0 aromatic carbocycles. The quantitative estimate of drug-likeness (QED) is 0.526. The van der Waals surface area contributed by atoms with E-state index in [1.807, 2.05) is 12.3 Å². The summed E-state index contributed by atoms with van der Waals surface area (Å²) in [6.45, 7) is 5.38. The number of carbonyl (C=O) groups is 1. The molecule has 1 heterocycles. The standard InChI is InChI=1S/C12H18N2O3S2/c1-12(2,3)17-11(15)14-13-7-8-6-9(18-5)19-10(8)16-4/h6-7H,1-5H3,(H,14,15). The van der Waals surface area contributed by atoms with Crippen LogP contribution in [0.3, 0.4) is 0 Å². The highest BCUT2D eigenvalue weighted by molar-refractivity contribution is 8.00. The molecule has 0 saturated carbocycles. The maximum Gasteiger partial charge on any atom is 0.428 e. The Kier molecular flexibility index (Phi) is 5.68. The number of nitrogens with zero attached hydrogens (tertiary/aromatic N) is 1. The minimum absolute atomic E-state index is 0.536. The minimum atomic E-state index is -0.581. The van der Waals surface area contributed by atoms with E-state index in [0.29, 0.717) is 0 Å². The lowest BCUT2D eigenvalue weighted by Crippen LogP contribution is -2.29. The SMILES string of the molecule is COc1sc(SC)cc1C=NNC(=O)OC(C)(C)C. The van der Waals surface area contributed by atoms with E-state index in [1.54, 1.807) is 45.9 Å². The van der Waals surface area contributed by atoms with Gasteiger partial charge in [0.05, 0.1) is 17.5 Å². The van der Waals surface area contributed by atoms with Crippen LogP contribution in [0.15, 0.2) is 15.4 Å². The second-order valence-electron chi connectivity index (χ2n) is 4.59. The Bertz CT molecular complexity index is 464. The summed E-state index contributed by atoms with van der Waals surface area (Å²) < 4.78 is 11.4. The summed E-state index contributed by atoms with van der Waals surface area (Å²) >= 11 is 3.17. The number of carbonyl (C=O) groups excluding carboxylic acids is 1. The van der Waals surface area contributed by atoms with Crippen LogP contribution in [0.2, 0.25) is 0 Å². The molecule has 7 heteroatoms. The molecule has 0 radical (unpaired) electrons. The van der Waals surface area contributed by atoms with Gasteiger partial charge >= 0.3 is 6.09 Å². The molecule has 0 aliphatic rings. The molecule has 0 fully saturated rings. The first kappa shape index (κ1) is 15.8. The molecule has 1 aromatic heterocycles. The summed E-state index contributed by atoms with van der Waals surface area (Å²) in [6, 6.07) is 1.95. The van der Waals surface area contributed by atoms with Crippen molar-refractivity contribution in [3.63, 3.8) is 0 Å². The Hall–Kier alpha value is -1.21. The fraction of sp³-hybridized carbons (Fsp3) is 0.500. The first-order valence-corrected chi connectivity index (χ1v) is 7.63. The molecule has 19 heavy (non-hydrogen) atoms. The molecular formula is C12H18N2O3S2. The first-order valence-electron chi connectivity index (χ1n) is 5.59. The molecule has 1 amide bonds. The fourth-order valence-corrected chi connectivity index (χ4v) is 2.66. The van der Waals surface area contributed by atoms with Gasteiger partial charge in [-0.25, -0.2) is 10.2 Å². The molecule has 0 aliphatic carbocycles. The second kappa shape index (κ2) is 6.81. The zero-order chi connectivity index (χ0) is 14.5. The number of hydrazone groups is 1. The number of ether oxygens (including phenoxy) is 2. The van der Waals surface area contributed by atoms with E-state index in [0.717, 1.165) is 14.8 Å². The average molecular weight is 302 g/mol. The van der Waals surface area contributed by atoms with Gasteiger partial charge < -0.3 is 9.47 Å². The van der Waals surface area contributed by atoms with Crippen molar-refractivity contribution in [1.82, 2.24) is 5.43 Å². The predicted octanol–water partition coefficient (Wildman–Crippen LogP) is 3.34. The Morgan fingerprint density at radius 2 is 2.21 bits per heavy atom. The summed E-state index contributed by atoms with van der Waals surface area (Å²) in [5, 5.41) is 4.61. The van der Waals surface area contributed by atoms with Crippen molar-refractivity contribution in [2.24, 2.45) is 5.10 Å². The molecule has 0 unspecified atom stereocenters. The van der Waals surface area contributed by atoms with Gasteiger partial charge in [0.25, 0.3) is 0 Å². The van der Waals surface area contributed by atoms with Crippen molar-refractivity contribution in [1.29, 1.82) is 0 Å².